The van der Waals surface area contributed by atoms with E-state index in [-0.39, 0.29) is 5.82 Å². The lowest BCUT2D eigenvalue weighted by Gasteiger charge is -2.14. The molecule has 5 aromatic rings. The molecule has 0 fully saturated rings. The number of likely N-dealkylation sites (N-methyl/N-ethyl adjacent to an activating group) is 1. The predicted octanol–water partition coefficient (Wildman–Crippen LogP) is 6.05. The number of rotatable bonds is 9. The maximum atomic E-state index is 14.7. The minimum absolute atomic E-state index is 0.300. The maximum Gasteiger partial charge on any atom is 0.125 e. The monoisotopic (exact) mass is 507 g/mol. The molecule has 3 N–H and O–H groups in total. The fraction of sp³-hybridized carbons (Fsp3) is 0.167. The SMILES string of the molecule is C=C/C=C(/c1cc(F)cc(NCCN(C)C)c1)c1cc(-c2n[nH]c3cnc(-c4ccccn4)cc23)[nH]c1C. The van der Waals surface area contributed by atoms with Gasteiger partial charge in [0.05, 0.1) is 28.8 Å². The second-order valence-electron chi connectivity index (χ2n) is 9.40. The van der Waals surface area contributed by atoms with Crippen LogP contribution in [0.4, 0.5) is 10.1 Å². The maximum absolute atomic E-state index is 14.7. The summed E-state index contributed by atoms with van der Waals surface area (Å²) in [6.07, 6.45) is 7.15. The number of aromatic nitrogens is 5. The van der Waals surface area contributed by atoms with E-state index in [0.717, 1.165) is 68.3 Å². The zero-order valence-electron chi connectivity index (χ0n) is 21.7. The van der Waals surface area contributed by atoms with Gasteiger partial charge < -0.3 is 15.2 Å². The van der Waals surface area contributed by atoms with Crippen LogP contribution in [0.25, 0.3) is 39.3 Å². The van der Waals surface area contributed by atoms with Crippen LogP contribution in [0, 0.1) is 12.7 Å². The highest BCUT2D eigenvalue weighted by molar-refractivity contribution is 5.95. The largest absolute Gasteiger partial charge is 0.384 e. The van der Waals surface area contributed by atoms with E-state index >= 15 is 0 Å². The van der Waals surface area contributed by atoms with Gasteiger partial charge >= 0.3 is 0 Å². The second-order valence-corrected chi connectivity index (χ2v) is 9.40. The van der Waals surface area contributed by atoms with Crippen LogP contribution in [0.2, 0.25) is 0 Å². The Morgan fingerprint density at radius 3 is 2.74 bits per heavy atom. The van der Waals surface area contributed by atoms with E-state index in [0.29, 0.717) is 6.54 Å². The van der Waals surface area contributed by atoms with E-state index in [2.05, 4.69) is 41.9 Å². The summed E-state index contributed by atoms with van der Waals surface area (Å²) in [7, 11) is 4.02. The van der Waals surface area contributed by atoms with Crippen molar-refractivity contribution in [2.45, 2.75) is 6.92 Å². The van der Waals surface area contributed by atoms with Gasteiger partial charge in [-0.1, -0.05) is 24.8 Å². The first kappa shape index (κ1) is 25.1. The lowest BCUT2D eigenvalue weighted by molar-refractivity contribution is 0.425. The summed E-state index contributed by atoms with van der Waals surface area (Å²) in [5, 5.41) is 11.9. The fourth-order valence-electron chi connectivity index (χ4n) is 4.47. The zero-order valence-corrected chi connectivity index (χ0v) is 21.7. The number of hydrogen-bond acceptors (Lipinski definition) is 5. The molecule has 192 valence electrons. The molecule has 7 nitrogen and oxygen atoms in total. The molecule has 4 heterocycles. The minimum atomic E-state index is -0.300. The van der Waals surface area contributed by atoms with E-state index < -0.39 is 0 Å². The van der Waals surface area contributed by atoms with E-state index in [1.165, 1.54) is 6.07 Å². The average Bonchev–Trinajstić information content (AvgIpc) is 3.50. The van der Waals surface area contributed by atoms with Crippen molar-refractivity contribution in [3.63, 3.8) is 0 Å². The van der Waals surface area contributed by atoms with Gasteiger partial charge in [0, 0.05) is 41.6 Å². The van der Waals surface area contributed by atoms with Crippen molar-refractivity contribution in [1.29, 1.82) is 0 Å². The third-order valence-corrected chi connectivity index (χ3v) is 6.32. The minimum Gasteiger partial charge on any atom is -0.384 e. The Morgan fingerprint density at radius 2 is 1.97 bits per heavy atom. The lowest BCUT2D eigenvalue weighted by atomic mass is 9.96. The number of nitrogens with one attached hydrogen (secondary N) is 3. The van der Waals surface area contributed by atoms with Gasteiger partial charge in [0.1, 0.15) is 11.5 Å². The number of nitrogens with zero attached hydrogens (tertiary/aromatic N) is 4. The van der Waals surface area contributed by atoms with Crippen molar-refractivity contribution in [2.75, 3.05) is 32.5 Å². The van der Waals surface area contributed by atoms with E-state index in [1.807, 2.05) is 63.5 Å². The quantitative estimate of drug-likeness (QED) is 0.211. The molecular weight excluding hydrogens is 477 g/mol. The molecule has 0 saturated heterocycles. The Labute approximate surface area is 221 Å². The Bertz CT molecular complexity index is 1610. The highest BCUT2D eigenvalue weighted by atomic mass is 19.1. The molecule has 5 rings (SSSR count). The Balaban J connectivity index is 1.53. The highest BCUT2D eigenvalue weighted by Gasteiger charge is 2.17. The third-order valence-electron chi connectivity index (χ3n) is 6.32. The number of halogens is 1. The first-order chi connectivity index (χ1) is 18.4. The number of allylic oxidation sites excluding steroid dienone is 2. The summed E-state index contributed by atoms with van der Waals surface area (Å²) in [6, 6.07) is 14.8. The molecule has 38 heavy (non-hydrogen) atoms. The van der Waals surface area contributed by atoms with Crippen LogP contribution in [-0.2, 0) is 0 Å². The molecule has 0 unspecified atom stereocenters. The molecule has 0 saturated carbocycles. The number of H-pyrrole nitrogens is 2. The molecule has 4 aromatic heterocycles. The number of benzene rings is 1. The smallest absolute Gasteiger partial charge is 0.125 e. The Morgan fingerprint density at radius 1 is 1.11 bits per heavy atom. The number of aromatic amines is 2. The molecule has 0 bridgehead atoms. The molecule has 0 aliphatic heterocycles. The summed E-state index contributed by atoms with van der Waals surface area (Å²) in [4.78, 5) is 14.5. The zero-order chi connectivity index (χ0) is 26.6. The van der Waals surface area contributed by atoms with Crippen LogP contribution in [0.5, 0.6) is 0 Å². The number of hydrogen-bond donors (Lipinski definition) is 3. The topological polar surface area (TPSA) is 85.5 Å². The van der Waals surface area contributed by atoms with Crippen LogP contribution < -0.4 is 5.32 Å². The molecule has 0 spiro atoms. The van der Waals surface area contributed by atoms with Gasteiger partial charge in [0.15, 0.2) is 0 Å². The van der Waals surface area contributed by atoms with Crippen molar-refractivity contribution in [2.24, 2.45) is 0 Å². The van der Waals surface area contributed by atoms with Gasteiger partial charge in [0.2, 0.25) is 0 Å². The van der Waals surface area contributed by atoms with Crippen molar-refractivity contribution in [1.82, 2.24) is 30.0 Å². The van der Waals surface area contributed by atoms with Crippen molar-refractivity contribution in [3.05, 3.63) is 102 Å². The number of fused-ring (bicyclic) bond motifs is 1. The van der Waals surface area contributed by atoms with Crippen LogP contribution in [0.3, 0.4) is 0 Å². The van der Waals surface area contributed by atoms with Gasteiger partial charge in [-0.2, -0.15) is 5.10 Å². The van der Waals surface area contributed by atoms with Crippen LogP contribution in [-0.4, -0.2) is 57.2 Å². The van der Waals surface area contributed by atoms with Gasteiger partial charge in [-0.3, -0.25) is 15.1 Å². The van der Waals surface area contributed by atoms with Gasteiger partial charge in [-0.25, -0.2) is 4.39 Å². The first-order valence-corrected chi connectivity index (χ1v) is 12.4. The predicted molar refractivity (Wildman–Crippen MR) is 152 cm³/mol. The Hall–Kier alpha value is -4.56. The first-order valence-electron chi connectivity index (χ1n) is 12.4. The third kappa shape index (κ3) is 5.26. The van der Waals surface area contributed by atoms with Crippen LogP contribution in [0.1, 0.15) is 16.8 Å². The van der Waals surface area contributed by atoms with Crippen molar-refractivity contribution < 1.29 is 4.39 Å². The molecular formula is C30H30FN7. The molecule has 0 radical (unpaired) electrons. The highest BCUT2D eigenvalue weighted by Crippen LogP contribution is 2.34. The molecule has 1 aromatic carbocycles. The number of pyridine rings is 2. The van der Waals surface area contributed by atoms with Gasteiger partial charge in [-0.15, -0.1) is 0 Å². The van der Waals surface area contributed by atoms with Crippen LogP contribution in [0.15, 0.2) is 79.7 Å². The summed E-state index contributed by atoms with van der Waals surface area (Å²) in [5.41, 5.74) is 8.26. The molecule has 0 amide bonds. The van der Waals surface area contributed by atoms with Gasteiger partial charge in [-0.05, 0) is 74.6 Å². The normalized spacial score (nSPS) is 11.9. The van der Waals surface area contributed by atoms with Crippen molar-refractivity contribution in [3.8, 4) is 22.8 Å². The summed E-state index contributed by atoms with van der Waals surface area (Å²) >= 11 is 0. The molecule has 0 aliphatic rings. The summed E-state index contributed by atoms with van der Waals surface area (Å²) in [5.74, 6) is -0.300. The molecule has 0 aliphatic carbocycles. The lowest BCUT2D eigenvalue weighted by Crippen LogP contribution is -2.20. The average molecular weight is 508 g/mol. The Kier molecular flexibility index (Phi) is 7.15. The molecule has 8 heteroatoms. The number of aryl methyl sites for hydroxylation is 1. The standard InChI is InChI=1S/C30H30FN7/c1-5-8-23(20-13-21(31)15-22(14-20)32-11-12-38(3)4)24-16-28(35-19(24)2)30-25-17-27(26-9-6-7-10-33-26)34-18-29(25)36-37-30/h5-10,13-18,32,35H,1,11-12H2,2-4H3,(H,36,37)/b23-8-. The van der Waals surface area contributed by atoms with E-state index in [1.54, 1.807) is 24.5 Å². The fourth-order valence-corrected chi connectivity index (χ4v) is 4.47. The van der Waals surface area contributed by atoms with Crippen LogP contribution >= 0.6 is 0 Å². The summed E-state index contributed by atoms with van der Waals surface area (Å²) < 4.78 is 14.7. The summed E-state index contributed by atoms with van der Waals surface area (Å²) in [6.45, 7) is 7.46. The van der Waals surface area contributed by atoms with E-state index in [4.69, 9.17) is 0 Å². The van der Waals surface area contributed by atoms with Crippen molar-refractivity contribution >= 4 is 22.2 Å². The van der Waals surface area contributed by atoms with Gasteiger partial charge in [0.25, 0.3) is 0 Å². The van der Waals surface area contributed by atoms with E-state index in [9.17, 15) is 4.39 Å². The molecule has 0 atom stereocenters. The second kappa shape index (κ2) is 10.8. The number of anilines is 1.